The van der Waals surface area contributed by atoms with Crippen LogP contribution in [-0.4, -0.2) is 94.6 Å². The normalized spacial score (nSPS) is 18.9. The van der Waals surface area contributed by atoms with Crippen molar-refractivity contribution < 1.29 is 19.1 Å². The van der Waals surface area contributed by atoms with Crippen molar-refractivity contribution in [3.63, 3.8) is 0 Å². The second kappa shape index (κ2) is 9.49. The summed E-state index contributed by atoms with van der Waals surface area (Å²) >= 11 is 3.51. The minimum Gasteiger partial charge on any atom is -0.453 e. The quantitative estimate of drug-likeness (QED) is 0.566. The second-order valence-electron chi connectivity index (χ2n) is 7.80. The number of rotatable bonds is 5. The predicted octanol–water partition coefficient (Wildman–Crippen LogP) is 0.924. The Morgan fingerprint density at radius 1 is 1.13 bits per heavy atom. The molecule has 0 spiro atoms. The van der Waals surface area contributed by atoms with Crippen molar-refractivity contribution in [2.75, 3.05) is 57.4 Å². The Kier molecular flexibility index (Phi) is 6.73. The fourth-order valence-corrected chi connectivity index (χ4v) is 4.37. The highest BCUT2D eigenvalue weighted by Gasteiger charge is 2.27. The van der Waals surface area contributed by atoms with E-state index in [-0.39, 0.29) is 5.91 Å². The minimum absolute atomic E-state index is 0.145. The van der Waals surface area contributed by atoms with Gasteiger partial charge in [-0.2, -0.15) is 0 Å². The molecule has 2 aromatic rings. The van der Waals surface area contributed by atoms with Crippen molar-refractivity contribution in [1.82, 2.24) is 24.2 Å². The van der Waals surface area contributed by atoms with Gasteiger partial charge in [0.1, 0.15) is 4.60 Å². The van der Waals surface area contributed by atoms with Crippen molar-refractivity contribution in [1.29, 1.82) is 0 Å². The van der Waals surface area contributed by atoms with Crippen LogP contribution in [0.25, 0.3) is 5.65 Å². The summed E-state index contributed by atoms with van der Waals surface area (Å²) in [5.74, 6) is 0.274. The summed E-state index contributed by atoms with van der Waals surface area (Å²) in [5.41, 5.74) is 1.80. The van der Waals surface area contributed by atoms with E-state index >= 15 is 0 Å². The van der Waals surface area contributed by atoms with Crippen molar-refractivity contribution in [3.8, 4) is 0 Å². The Balaban J connectivity index is 1.41. The Morgan fingerprint density at radius 3 is 2.52 bits per heavy atom. The van der Waals surface area contributed by atoms with Crippen LogP contribution in [0.4, 0.5) is 5.82 Å². The molecule has 4 heterocycles. The molecule has 0 aliphatic carbocycles. The van der Waals surface area contributed by atoms with Crippen molar-refractivity contribution in [2.24, 2.45) is 0 Å². The number of hydrogen-bond donors (Lipinski definition) is 0. The van der Waals surface area contributed by atoms with E-state index in [1.165, 1.54) is 6.92 Å². The number of carbonyl (C=O) groups is 2. The van der Waals surface area contributed by atoms with Gasteiger partial charge >= 0.3 is 5.97 Å². The lowest BCUT2D eigenvalue weighted by Crippen LogP contribution is -2.51. The smallest absolute Gasteiger partial charge is 0.303 e. The number of aromatic nitrogens is 3. The molecule has 0 bridgehead atoms. The van der Waals surface area contributed by atoms with E-state index in [1.807, 2.05) is 16.8 Å². The number of halogens is 1. The number of ether oxygens (including phenoxy) is 2. The molecule has 1 unspecified atom stereocenters. The van der Waals surface area contributed by atoms with E-state index in [9.17, 15) is 9.59 Å². The Morgan fingerprint density at radius 2 is 1.84 bits per heavy atom. The molecule has 0 radical (unpaired) electrons. The molecule has 168 valence electrons. The van der Waals surface area contributed by atoms with Crippen LogP contribution in [0.1, 0.15) is 19.5 Å². The zero-order valence-corrected chi connectivity index (χ0v) is 19.4. The average Bonchev–Trinajstić information content (AvgIpc) is 3.15. The van der Waals surface area contributed by atoms with Crippen LogP contribution in [0.5, 0.6) is 0 Å². The second-order valence-corrected chi connectivity index (χ2v) is 8.62. The van der Waals surface area contributed by atoms with Crippen LogP contribution in [-0.2, 0) is 25.6 Å². The van der Waals surface area contributed by atoms with Gasteiger partial charge in [-0.05, 0) is 22.9 Å². The molecule has 4 rings (SSSR count). The first-order valence-corrected chi connectivity index (χ1v) is 11.2. The highest BCUT2D eigenvalue weighted by Crippen LogP contribution is 2.23. The summed E-state index contributed by atoms with van der Waals surface area (Å²) < 4.78 is 13.2. The molecule has 2 saturated heterocycles. The van der Waals surface area contributed by atoms with Crippen molar-refractivity contribution in [3.05, 3.63) is 22.7 Å². The summed E-state index contributed by atoms with van der Waals surface area (Å²) in [7, 11) is 0. The van der Waals surface area contributed by atoms with Gasteiger partial charge in [-0.25, -0.2) is 9.97 Å². The van der Waals surface area contributed by atoms with Gasteiger partial charge in [0.15, 0.2) is 17.6 Å². The molecule has 2 aromatic heterocycles. The number of esters is 1. The van der Waals surface area contributed by atoms with E-state index in [0.29, 0.717) is 32.8 Å². The van der Waals surface area contributed by atoms with E-state index in [1.54, 1.807) is 11.8 Å². The topological polar surface area (TPSA) is 92.5 Å². The third kappa shape index (κ3) is 5.16. The molecule has 0 saturated carbocycles. The number of carbonyl (C=O) groups excluding carboxylic acids is 2. The number of morpholine rings is 1. The van der Waals surface area contributed by atoms with Crippen LogP contribution in [0.2, 0.25) is 0 Å². The molecule has 1 atom stereocenters. The fraction of sp³-hybridized carbons (Fsp3) is 0.600. The Bertz CT molecular complexity index is 953. The third-order valence-corrected chi connectivity index (χ3v) is 5.89. The SMILES string of the molecule is CC(=O)OC(C)C(=O)N1CCN(Cc2cn3cc(Br)nc(N4CCOCC4)c3n2)CC1. The summed E-state index contributed by atoms with van der Waals surface area (Å²) in [4.78, 5) is 39.3. The molecule has 0 aromatic carbocycles. The Hall–Kier alpha value is -2.24. The summed E-state index contributed by atoms with van der Waals surface area (Å²) in [6, 6.07) is 0. The molecule has 0 N–H and O–H groups in total. The predicted molar refractivity (Wildman–Crippen MR) is 117 cm³/mol. The monoisotopic (exact) mass is 494 g/mol. The van der Waals surface area contributed by atoms with Gasteiger partial charge < -0.3 is 23.7 Å². The Labute approximate surface area is 189 Å². The first kappa shape index (κ1) is 22.0. The molecule has 11 heteroatoms. The van der Waals surface area contributed by atoms with Crippen LogP contribution >= 0.6 is 15.9 Å². The number of anilines is 1. The van der Waals surface area contributed by atoms with Gasteiger partial charge in [-0.3, -0.25) is 14.5 Å². The number of fused-ring (bicyclic) bond motifs is 1. The van der Waals surface area contributed by atoms with Crippen molar-refractivity contribution >= 4 is 39.3 Å². The number of hydrogen-bond acceptors (Lipinski definition) is 8. The van der Waals surface area contributed by atoms with E-state index in [4.69, 9.17) is 14.5 Å². The molecular weight excluding hydrogens is 468 g/mol. The van der Waals surface area contributed by atoms with Gasteiger partial charge in [-0.15, -0.1) is 0 Å². The highest BCUT2D eigenvalue weighted by molar-refractivity contribution is 9.10. The number of nitrogens with zero attached hydrogens (tertiary/aromatic N) is 6. The van der Waals surface area contributed by atoms with E-state index in [0.717, 1.165) is 47.9 Å². The zero-order valence-electron chi connectivity index (χ0n) is 17.8. The largest absolute Gasteiger partial charge is 0.453 e. The summed E-state index contributed by atoms with van der Waals surface area (Å²) in [5, 5.41) is 0. The molecule has 2 aliphatic heterocycles. The van der Waals surface area contributed by atoms with E-state index < -0.39 is 12.1 Å². The van der Waals surface area contributed by atoms with Gasteiger partial charge in [0, 0.05) is 65.1 Å². The molecule has 2 aliphatic rings. The lowest BCUT2D eigenvalue weighted by Gasteiger charge is -2.35. The van der Waals surface area contributed by atoms with Gasteiger partial charge in [0.05, 0.1) is 18.9 Å². The van der Waals surface area contributed by atoms with Gasteiger partial charge in [-0.1, -0.05) is 0 Å². The van der Waals surface area contributed by atoms with Crippen LogP contribution < -0.4 is 4.90 Å². The number of imidazole rings is 1. The highest BCUT2D eigenvalue weighted by atomic mass is 79.9. The molecule has 31 heavy (non-hydrogen) atoms. The first-order chi connectivity index (χ1) is 14.9. The molecule has 2 fully saturated rings. The fourth-order valence-electron chi connectivity index (χ4n) is 3.98. The number of piperazine rings is 1. The lowest BCUT2D eigenvalue weighted by atomic mass is 10.2. The maximum absolute atomic E-state index is 12.4. The van der Waals surface area contributed by atoms with Crippen LogP contribution in [0.15, 0.2) is 17.0 Å². The molecular formula is C20H27BrN6O4. The lowest BCUT2D eigenvalue weighted by molar-refractivity contribution is -0.158. The summed E-state index contributed by atoms with van der Waals surface area (Å²) in [6.45, 7) is 9.28. The first-order valence-electron chi connectivity index (χ1n) is 10.5. The van der Waals surface area contributed by atoms with Crippen molar-refractivity contribution in [2.45, 2.75) is 26.5 Å². The maximum atomic E-state index is 12.4. The zero-order chi connectivity index (χ0) is 22.0. The maximum Gasteiger partial charge on any atom is 0.303 e. The summed E-state index contributed by atoms with van der Waals surface area (Å²) in [6.07, 6.45) is 3.21. The van der Waals surface area contributed by atoms with Crippen LogP contribution in [0, 0.1) is 0 Å². The average molecular weight is 495 g/mol. The molecule has 1 amide bonds. The standard InChI is InChI=1S/C20H27BrN6O4/c1-14(31-15(2)28)20(29)26-5-3-24(4-6-26)11-16-12-27-13-17(21)23-19(18(27)22-16)25-7-9-30-10-8-25/h12-14H,3-11H2,1-2H3. The third-order valence-electron chi connectivity index (χ3n) is 5.51. The van der Waals surface area contributed by atoms with Gasteiger partial charge in [0.25, 0.3) is 5.91 Å². The van der Waals surface area contributed by atoms with Gasteiger partial charge in [0.2, 0.25) is 0 Å². The molecule has 10 nitrogen and oxygen atoms in total. The number of amides is 1. The van der Waals surface area contributed by atoms with E-state index in [2.05, 4.69) is 30.7 Å². The minimum atomic E-state index is -0.743. The van der Waals surface area contributed by atoms with Crippen LogP contribution in [0.3, 0.4) is 0 Å².